The molecule has 0 unspecified atom stereocenters. The Morgan fingerprint density at radius 2 is 1.68 bits per heavy atom. The number of esters is 1. The Morgan fingerprint density at radius 3 is 2.36 bits per heavy atom. The SMILES string of the molecule is C[C@@H](OC(=O)c1ccccc1COc1ccccc1)C(N)=O. The molecule has 22 heavy (non-hydrogen) atoms. The summed E-state index contributed by atoms with van der Waals surface area (Å²) >= 11 is 0. The van der Waals surface area contributed by atoms with Crippen LogP contribution in [0, 0.1) is 0 Å². The van der Waals surface area contributed by atoms with Crippen molar-refractivity contribution < 1.29 is 19.1 Å². The zero-order valence-electron chi connectivity index (χ0n) is 12.2. The number of para-hydroxylation sites is 1. The normalized spacial score (nSPS) is 11.5. The number of ether oxygens (including phenoxy) is 2. The molecule has 1 atom stereocenters. The van der Waals surface area contributed by atoms with Crippen LogP contribution in [-0.2, 0) is 16.1 Å². The summed E-state index contributed by atoms with van der Waals surface area (Å²) in [6.45, 7) is 1.66. The number of carbonyl (C=O) groups is 2. The lowest BCUT2D eigenvalue weighted by atomic mass is 10.1. The topological polar surface area (TPSA) is 78.6 Å². The summed E-state index contributed by atoms with van der Waals surface area (Å²) < 4.78 is 10.7. The second-order valence-electron chi connectivity index (χ2n) is 4.71. The lowest BCUT2D eigenvalue weighted by Crippen LogP contribution is -2.30. The zero-order valence-corrected chi connectivity index (χ0v) is 12.2. The van der Waals surface area contributed by atoms with Crippen molar-refractivity contribution in [3.05, 3.63) is 65.7 Å². The lowest BCUT2D eigenvalue weighted by Gasteiger charge is -2.13. The average molecular weight is 299 g/mol. The molecule has 0 heterocycles. The third-order valence-electron chi connectivity index (χ3n) is 3.06. The molecular formula is C17H17NO4. The van der Waals surface area contributed by atoms with Gasteiger partial charge in [0.25, 0.3) is 5.91 Å². The Labute approximate surface area is 128 Å². The summed E-state index contributed by atoms with van der Waals surface area (Å²) in [5.41, 5.74) is 6.12. The number of hydrogen-bond donors (Lipinski definition) is 1. The third-order valence-corrected chi connectivity index (χ3v) is 3.06. The van der Waals surface area contributed by atoms with Crippen LogP contribution in [0.1, 0.15) is 22.8 Å². The van der Waals surface area contributed by atoms with Gasteiger partial charge in [0.05, 0.1) is 5.56 Å². The molecule has 2 N–H and O–H groups in total. The van der Waals surface area contributed by atoms with Gasteiger partial charge < -0.3 is 15.2 Å². The second kappa shape index (κ2) is 7.26. The van der Waals surface area contributed by atoms with Crippen molar-refractivity contribution >= 4 is 11.9 Å². The van der Waals surface area contributed by atoms with Crippen molar-refractivity contribution in [2.75, 3.05) is 0 Å². The highest BCUT2D eigenvalue weighted by atomic mass is 16.5. The predicted octanol–water partition coefficient (Wildman–Crippen LogP) is 2.30. The van der Waals surface area contributed by atoms with Gasteiger partial charge in [0.2, 0.25) is 0 Å². The van der Waals surface area contributed by atoms with Crippen LogP contribution in [0.4, 0.5) is 0 Å². The first-order valence-electron chi connectivity index (χ1n) is 6.84. The van der Waals surface area contributed by atoms with Crippen LogP contribution in [0.3, 0.4) is 0 Å². The van der Waals surface area contributed by atoms with E-state index in [4.69, 9.17) is 15.2 Å². The summed E-state index contributed by atoms with van der Waals surface area (Å²) in [5, 5.41) is 0. The Morgan fingerprint density at radius 1 is 1.05 bits per heavy atom. The summed E-state index contributed by atoms with van der Waals surface area (Å²) in [4.78, 5) is 23.1. The van der Waals surface area contributed by atoms with Gasteiger partial charge in [0.15, 0.2) is 6.10 Å². The zero-order chi connectivity index (χ0) is 15.9. The van der Waals surface area contributed by atoms with Gasteiger partial charge in [0.1, 0.15) is 12.4 Å². The first-order valence-corrected chi connectivity index (χ1v) is 6.84. The minimum absolute atomic E-state index is 0.222. The Hall–Kier alpha value is -2.82. The van der Waals surface area contributed by atoms with Gasteiger partial charge in [0, 0.05) is 5.56 Å². The lowest BCUT2D eigenvalue weighted by molar-refractivity contribution is -0.125. The number of nitrogens with two attached hydrogens (primary N) is 1. The quantitative estimate of drug-likeness (QED) is 0.830. The summed E-state index contributed by atoms with van der Waals surface area (Å²) in [6, 6.07) is 16.2. The van der Waals surface area contributed by atoms with Crippen LogP contribution >= 0.6 is 0 Å². The average Bonchev–Trinajstić information content (AvgIpc) is 2.54. The summed E-state index contributed by atoms with van der Waals surface area (Å²) in [6.07, 6.45) is -0.976. The van der Waals surface area contributed by atoms with E-state index in [1.807, 2.05) is 30.3 Å². The van der Waals surface area contributed by atoms with Gasteiger partial charge in [-0.15, -0.1) is 0 Å². The van der Waals surface area contributed by atoms with E-state index in [0.717, 1.165) is 0 Å². The largest absolute Gasteiger partial charge is 0.489 e. The van der Waals surface area contributed by atoms with E-state index >= 15 is 0 Å². The molecule has 0 aromatic heterocycles. The maximum atomic E-state index is 12.1. The van der Waals surface area contributed by atoms with Crippen LogP contribution in [0.25, 0.3) is 0 Å². The molecule has 0 fully saturated rings. The number of hydrogen-bond acceptors (Lipinski definition) is 4. The Bertz CT molecular complexity index is 655. The van der Waals surface area contributed by atoms with Crippen LogP contribution in [0.15, 0.2) is 54.6 Å². The van der Waals surface area contributed by atoms with Crippen LogP contribution < -0.4 is 10.5 Å². The molecule has 0 spiro atoms. The molecule has 0 aliphatic heterocycles. The molecular weight excluding hydrogens is 282 g/mol. The first-order chi connectivity index (χ1) is 10.6. The Kier molecular flexibility index (Phi) is 5.14. The molecule has 0 aliphatic rings. The van der Waals surface area contributed by atoms with Crippen molar-refractivity contribution in [1.82, 2.24) is 0 Å². The second-order valence-corrected chi connectivity index (χ2v) is 4.71. The summed E-state index contributed by atoms with van der Waals surface area (Å²) in [7, 11) is 0. The van der Waals surface area contributed by atoms with Crippen molar-refractivity contribution in [1.29, 1.82) is 0 Å². The van der Waals surface area contributed by atoms with Crippen molar-refractivity contribution in [3.8, 4) is 5.75 Å². The molecule has 0 radical (unpaired) electrons. The van der Waals surface area contributed by atoms with Gasteiger partial charge in [-0.05, 0) is 25.1 Å². The van der Waals surface area contributed by atoms with E-state index in [1.165, 1.54) is 6.92 Å². The number of rotatable bonds is 6. The number of amides is 1. The molecule has 2 aromatic carbocycles. The molecule has 0 aliphatic carbocycles. The highest BCUT2D eigenvalue weighted by Gasteiger charge is 2.18. The molecule has 2 rings (SSSR count). The maximum absolute atomic E-state index is 12.1. The molecule has 0 saturated carbocycles. The Balaban J connectivity index is 2.09. The molecule has 2 aromatic rings. The fourth-order valence-electron chi connectivity index (χ4n) is 1.81. The molecule has 5 heteroatoms. The van der Waals surface area contributed by atoms with Crippen molar-refractivity contribution in [3.63, 3.8) is 0 Å². The van der Waals surface area contributed by atoms with Crippen LogP contribution in [0.2, 0.25) is 0 Å². The highest BCUT2D eigenvalue weighted by Crippen LogP contribution is 2.16. The van der Waals surface area contributed by atoms with E-state index in [-0.39, 0.29) is 6.61 Å². The van der Waals surface area contributed by atoms with Crippen LogP contribution in [-0.4, -0.2) is 18.0 Å². The van der Waals surface area contributed by atoms with E-state index in [2.05, 4.69) is 0 Å². The molecule has 1 amide bonds. The fourth-order valence-corrected chi connectivity index (χ4v) is 1.81. The molecule has 5 nitrogen and oxygen atoms in total. The van der Waals surface area contributed by atoms with Gasteiger partial charge in [-0.1, -0.05) is 36.4 Å². The monoisotopic (exact) mass is 299 g/mol. The maximum Gasteiger partial charge on any atom is 0.339 e. The number of benzene rings is 2. The van der Waals surface area contributed by atoms with E-state index in [1.54, 1.807) is 24.3 Å². The predicted molar refractivity (Wildman–Crippen MR) is 81.3 cm³/mol. The smallest absolute Gasteiger partial charge is 0.339 e. The fraction of sp³-hybridized carbons (Fsp3) is 0.176. The van der Waals surface area contributed by atoms with E-state index in [9.17, 15) is 9.59 Å². The summed E-state index contributed by atoms with van der Waals surface area (Å²) in [5.74, 6) is -0.582. The van der Waals surface area contributed by atoms with Crippen molar-refractivity contribution in [2.24, 2.45) is 5.73 Å². The van der Waals surface area contributed by atoms with Gasteiger partial charge in [-0.2, -0.15) is 0 Å². The van der Waals surface area contributed by atoms with E-state index < -0.39 is 18.0 Å². The number of carbonyl (C=O) groups excluding carboxylic acids is 2. The molecule has 114 valence electrons. The van der Waals surface area contributed by atoms with E-state index in [0.29, 0.717) is 16.9 Å². The highest BCUT2D eigenvalue weighted by molar-refractivity contribution is 5.93. The third kappa shape index (κ3) is 4.09. The van der Waals surface area contributed by atoms with Gasteiger partial charge in [-0.25, -0.2) is 4.79 Å². The van der Waals surface area contributed by atoms with Crippen molar-refractivity contribution in [2.45, 2.75) is 19.6 Å². The first kappa shape index (κ1) is 15.6. The standard InChI is InChI=1S/C17H17NO4/c1-12(16(18)19)22-17(20)15-10-6-5-7-13(15)11-21-14-8-3-2-4-9-14/h2-10,12H,11H2,1H3,(H2,18,19)/t12-/m1/s1. The van der Waals surface area contributed by atoms with Gasteiger partial charge >= 0.3 is 5.97 Å². The minimum atomic E-state index is -0.976. The van der Waals surface area contributed by atoms with Gasteiger partial charge in [-0.3, -0.25) is 4.79 Å². The number of primary amides is 1. The molecule has 0 saturated heterocycles. The minimum Gasteiger partial charge on any atom is -0.489 e. The van der Waals surface area contributed by atoms with Crippen LogP contribution in [0.5, 0.6) is 5.75 Å². The molecule has 0 bridgehead atoms.